The molecule has 206 valence electrons. The summed E-state index contributed by atoms with van der Waals surface area (Å²) in [6, 6.07) is 8.45. The highest BCUT2D eigenvalue weighted by molar-refractivity contribution is 5.69. The SMILES string of the molecule is CCCCCCCCCOc1ccccc1-c1ncncc1CCC1CCC(CCCCCCC)CC1. The van der Waals surface area contributed by atoms with Crippen LogP contribution in [-0.4, -0.2) is 16.6 Å². The highest BCUT2D eigenvalue weighted by atomic mass is 16.5. The molecule has 1 aromatic carbocycles. The topological polar surface area (TPSA) is 35.0 Å². The van der Waals surface area contributed by atoms with E-state index in [1.807, 2.05) is 6.20 Å². The minimum atomic E-state index is 0.785. The van der Waals surface area contributed by atoms with Gasteiger partial charge in [-0.05, 0) is 48.8 Å². The van der Waals surface area contributed by atoms with E-state index in [1.165, 1.54) is 115 Å². The van der Waals surface area contributed by atoms with Crippen LogP contribution in [0.3, 0.4) is 0 Å². The number of unbranched alkanes of at least 4 members (excludes halogenated alkanes) is 10. The molecule has 1 saturated carbocycles. The van der Waals surface area contributed by atoms with Crippen molar-refractivity contribution < 1.29 is 4.74 Å². The van der Waals surface area contributed by atoms with E-state index in [2.05, 4.69) is 43.1 Å². The summed E-state index contributed by atoms with van der Waals surface area (Å²) in [5.41, 5.74) is 3.45. The van der Waals surface area contributed by atoms with Gasteiger partial charge in [0.05, 0.1) is 12.3 Å². The van der Waals surface area contributed by atoms with Crippen LogP contribution in [0.4, 0.5) is 0 Å². The number of aryl methyl sites for hydroxylation is 1. The molecule has 0 unspecified atom stereocenters. The maximum absolute atomic E-state index is 6.27. The molecule has 0 amide bonds. The number of para-hydroxylation sites is 1. The predicted molar refractivity (Wildman–Crippen MR) is 158 cm³/mol. The van der Waals surface area contributed by atoms with E-state index in [1.54, 1.807) is 6.33 Å². The summed E-state index contributed by atoms with van der Waals surface area (Å²) in [4.78, 5) is 9.13. The standard InChI is InChI=1S/C34H54N2O/c1-3-5-7-9-10-12-16-26-37-33-19-15-14-18-32(33)34-31(27-35-28-36-34)25-24-30-22-20-29(21-23-30)17-13-11-8-6-4-2/h14-15,18-19,27-30H,3-13,16-17,20-26H2,1-2H3. The Balaban J connectivity index is 1.45. The van der Waals surface area contributed by atoms with Crippen molar-refractivity contribution in [2.75, 3.05) is 6.61 Å². The van der Waals surface area contributed by atoms with Gasteiger partial charge in [0.1, 0.15) is 12.1 Å². The molecule has 1 aliphatic rings. The fraction of sp³-hybridized carbons (Fsp3) is 0.706. The van der Waals surface area contributed by atoms with Crippen LogP contribution in [0.25, 0.3) is 11.3 Å². The molecule has 1 fully saturated rings. The fourth-order valence-electron chi connectivity index (χ4n) is 6.02. The second kappa shape index (κ2) is 18.4. The van der Waals surface area contributed by atoms with E-state index in [0.717, 1.165) is 48.3 Å². The van der Waals surface area contributed by atoms with Crippen LogP contribution in [0.2, 0.25) is 0 Å². The quantitative estimate of drug-likeness (QED) is 0.178. The Morgan fingerprint density at radius 2 is 1.35 bits per heavy atom. The third kappa shape index (κ3) is 11.2. The normalized spacial score (nSPS) is 17.7. The van der Waals surface area contributed by atoms with Crippen molar-refractivity contribution in [2.45, 2.75) is 136 Å². The van der Waals surface area contributed by atoms with Crippen LogP contribution in [0.5, 0.6) is 5.75 Å². The average molecular weight is 507 g/mol. The minimum Gasteiger partial charge on any atom is -0.493 e. The molecule has 3 nitrogen and oxygen atoms in total. The summed E-state index contributed by atoms with van der Waals surface area (Å²) in [5, 5.41) is 0. The zero-order chi connectivity index (χ0) is 26.0. The first-order chi connectivity index (χ1) is 18.3. The summed E-state index contributed by atoms with van der Waals surface area (Å²) >= 11 is 0. The lowest BCUT2D eigenvalue weighted by molar-refractivity contribution is 0.248. The van der Waals surface area contributed by atoms with E-state index < -0.39 is 0 Å². The maximum Gasteiger partial charge on any atom is 0.128 e. The Labute approximate surface area is 228 Å². The Morgan fingerprint density at radius 1 is 0.730 bits per heavy atom. The molecule has 1 aliphatic carbocycles. The van der Waals surface area contributed by atoms with E-state index in [4.69, 9.17) is 9.72 Å². The largest absolute Gasteiger partial charge is 0.493 e. The van der Waals surface area contributed by atoms with Crippen molar-refractivity contribution in [3.05, 3.63) is 42.4 Å². The van der Waals surface area contributed by atoms with Gasteiger partial charge >= 0.3 is 0 Å². The van der Waals surface area contributed by atoms with Gasteiger partial charge in [0.25, 0.3) is 0 Å². The molecule has 0 saturated heterocycles. The van der Waals surface area contributed by atoms with Crippen LogP contribution < -0.4 is 4.74 Å². The lowest BCUT2D eigenvalue weighted by atomic mass is 9.77. The van der Waals surface area contributed by atoms with Crippen molar-refractivity contribution in [3.63, 3.8) is 0 Å². The van der Waals surface area contributed by atoms with Gasteiger partial charge in [-0.25, -0.2) is 9.97 Å². The van der Waals surface area contributed by atoms with E-state index in [0.29, 0.717) is 0 Å². The second-order valence-electron chi connectivity index (χ2n) is 11.5. The third-order valence-electron chi connectivity index (χ3n) is 8.44. The Hall–Kier alpha value is -1.90. The van der Waals surface area contributed by atoms with Crippen LogP contribution in [0.1, 0.15) is 135 Å². The molecule has 1 aromatic heterocycles. The minimum absolute atomic E-state index is 0.785. The highest BCUT2D eigenvalue weighted by Crippen LogP contribution is 2.36. The van der Waals surface area contributed by atoms with Gasteiger partial charge in [-0.1, -0.05) is 129 Å². The van der Waals surface area contributed by atoms with Crippen LogP contribution in [-0.2, 0) is 6.42 Å². The lowest BCUT2D eigenvalue weighted by Gasteiger charge is -2.28. The van der Waals surface area contributed by atoms with E-state index >= 15 is 0 Å². The van der Waals surface area contributed by atoms with Crippen molar-refractivity contribution in [3.8, 4) is 17.0 Å². The molecule has 1 heterocycles. The zero-order valence-corrected chi connectivity index (χ0v) is 24.1. The van der Waals surface area contributed by atoms with Gasteiger partial charge in [-0.15, -0.1) is 0 Å². The maximum atomic E-state index is 6.27. The number of nitrogens with zero attached hydrogens (tertiary/aromatic N) is 2. The molecule has 0 aliphatic heterocycles. The van der Waals surface area contributed by atoms with Crippen molar-refractivity contribution in [1.29, 1.82) is 0 Å². The molecule has 0 spiro atoms. The Morgan fingerprint density at radius 3 is 2.08 bits per heavy atom. The highest BCUT2D eigenvalue weighted by Gasteiger charge is 2.21. The fourth-order valence-corrected chi connectivity index (χ4v) is 6.02. The van der Waals surface area contributed by atoms with Crippen LogP contribution in [0.15, 0.2) is 36.8 Å². The molecule has 3 heteroatoms. The first-order valence-electron chi connectivity index (χ1n) is 15.8. The van der Waals surface area contributed by atoms with Crippen LogP contribution in [0, 0.1) is 11.8 Å². The number of hydrogen-bond donors (Lipinski definition) is 0. The molecule has 37 heavy (non-hydrogen) atoms. The number of benzene rings is 1. The summed E-state index contributed by atoms with van der Waals surface area (Å²) < 4.78 is 6.27. The predicted octanol–water partition coefficient (Wildman–Crippen LogP) is 10.4. The van der Waals surface area contributed by atoms with Gasteiger partial charge < -0.3 is 4.74 Å². The van der Waals surface area contributed by atoms with E-state index in [9.17, 15) is 0 Å². The Bertz CT molecular complexity index is 843. The van der Waals surface area contributed by atoms with E-state index in [-0.39, 0.29) is 0 Å². The lowest BCUT2D eigenvalue weighted by Crippen LogP contribution is -2.15. The average Bonchev–Trinajstić information content (AvgIpc) is 2.94. The van der Waals surface area contributed by atoms with Gasteiger partial charge in [0, 0.05) is 11.8 Å². The van der Waals surface area contributed by atoms with Crippen molar-refractivity contribution in [2.24, 2.45) is 11.8 Å². The van der Waals surface area contributed by atoms with Gasteiger partial charge in [0.15, 0.2) is 0 Å². The van der Waals surface area contributed by atoms with Gasteiger partial charge in [-0.3, -0.25) is 0 Å². The van der Waals surface area contributed by atoms with Crippen LogP contribution >= 0.6 is 0 Å². The van der Waals surface area contributed by atoms with Crippen molar-refractivity contribution >= 4 is 0 Å². The van der Waals surface area contributed by atoms with Crippen molar-refractivity contribution in [1.82, 2.24) is 9.97 Å². The van der Waals surface area contributed by atoms with Gasteiger partial charge in [0.2, 0.25) is 0 Å². The first kappa shape index (κ1) is 29.7. The summed E-state index contributed by atoms with van der Waals surface area (Å²) in [5.74, 6) is 2.80. The summed E-state index contributed by atoms with van der Waals surface area (Å²) in [7, 11) is 0. The molecule has 0 N–H and O–H groups in total. The summed E-state index contributed by atoms with van der Waals surface area (Å²) in [6.07, 6.45) is 29.4. The zero-order valence-electron chi connectivity index (χ0n) is 24.1. The molecule has 3 rings (SSSR count). The number of aromatic nitrogens is 2. The second-order valence-corrected chi connectivity index (χ2v) is 11.5. The molecule has 0 atom stereocenters. The van der Waals surface area contributed by atoms with Gasteiger partial charge in [-0.2, -0.15) is 0 Å². The number of hydrogen-bond acceptors (Lipinski definition) is 3. The third-order valence-corrected chi connectivity index (χ3v) is 8.44. The Kier molecular flexibility index (Phi) is 14.7. The molecular weight excluding hydrogens is 452 g/mol. The monoisotopic (exact) mass is 506 g/mol. The first-order valence-corrected chi connectivity index (χ1v) is 15.8. The molecular formula is C34H54N2O. The molecule has 0 radical (unpaired) electrons. The molecule has 2 aromatic rings. The number of rotatable bonds is 19. The smallest absolute Gasteiger partial charge is 0.128 e. The summed E-state index contributed by atoms with van der Waals surface area (Å²) in [6.45, 7) is 5.36. The number of ether oxygens (including phenoxy) is 1. The molecule has 0 bridgehead atoms.